The molecule has 118 valence electrons. The van der Waals surface area contributed by atoms with Crippen molar-refractivity contribution >= 4 is 9.84 Å². The summed E-state index contributed by atoms with van der Waals surface area (Å²) in [6.45, 7) is 5.47. The minimum atomic E-state index is -2.73. The van der Waals surface area contributed by atoms with Crippen LogP contribution in [0.5, 0.6) is 0 Å². The van der Waals surface area contributed by atoms with Gasteiger partial charge in [0, 0.05) is 6.04 Å². The molecule has 0 bridgehead atoms. The molecule has 2 fully saturated rings. The highest BCUT2D eigenvalue weighted by molar-refractivity contribution is 7.91. The second-order valence-corrected chi connectivity index (χ2v) is 9.10. The number of nitrogens with one attached hydrogen (secondary N) is 1. The molecule has 0 aromatic rings. The van der Waals surface area contributed by atoms with Crippen molar-refractivity contribution in [3.05, 3.63) is 0 Å². The summed E-state index contributed by atoms with van der Waals surface area (Å²) in [7, 11) is -2.73. The minimum absolute atomic E-state index is 0.394. The third-order valence-electron chi connectivity index (χ3n) is 5.35. The maximum absolute atomic E-state index is 11.6. The molecule has 4 heteroatoms. The van der Waals surface area contributed by atoms with Gasteiger partial charge in [0.1, 0.15) is 0 Å². The maximum atomic E-state index is 11.6. The van der Waals surface area contributed by atoms with Crippen LogP contribution >= 0.6 is 0 Å². The van der Waals surface area contributed by atoms with E-state index in [1.54, 1.807) is 0 Å². The van der Waals surface area contributed by atoms with E-state index >= 15 is 0 Å². The number of hydrogen-bond acceptors (Lipinski definition) is 3. The smallest absolute Gasteiger partial charge is 0.150 e. The first kappa shape index (κ1) is 16.3. The molecule has 1 aliphatic carbocycles. The third-order valence-corrected chi connectivity index (χ3v) is 7.19. The molecular weight excluding hydrogens is 270 g/mol. The fourth-order valence-corrected chi connectivity index (χ4v) is 6.07. The van der Waals surface area contributed by atoms with Crippen molar-refractivity contribution in [1.29, 1.82) is 0 Å². The van der Waals surface area contributed by atoms with E-state index in [1.165, 1.54) is 32.1 Å². The van der Waals surface area contributed by atoms with Crippen molar-refractivity contribution in [2.75, 3.05) is 18.1 Å². The Labute approximate surface area is 124 Å². The molecule has 1 saturated carbocycles. The molecule has 1 aliphatic heterocycles. The zero-order valence-electron chi connectivity index (χ0n) is 13.1. The van der Waals surface area contributed by atoms with Gasteiger partial charge in [-0.15, -0.1) is 0 Å². The highest BCUT2D eigenvalue weighted by Crippen LogP contribution is 2.35. The summed E-state index contributed by atoms with van der Waals surface area (Å²) < 4.78 is 23.3. The van der Waals surface area contributed by atoms with Gasteiger partial charge in [-0.25, -0.2) is 8.42 Å². The number of hydrogen-bond donors (Lipinski definition) is 1. The fourth-order valence-electron chi connectivity index (χ4n) is 4.19. The van der Waals surface area contributed by atoms with Crippen molar-refractivity contribution < 1.29 is 8.42 Å². The Morgan fingerprint density at radius 1 is 1.15 bits per heavy atom. The molecule has 4 unspecified atom stereocenters. The van der Waals surface area contributed by atoms with Crippen LogP contribution in [0.3, 0.4) is 0 Å². The second kappa shape index (κ2) is 7.26. The molecule has 3 nitrogen and oxygen atoms in total. The summed E-state index contributed by atoms with van der Waals surface area (Å²) in [5.41, 5.74) is 0. The standard InChI is InChI=1S/C16H31NO2S/c1-3-13-6-5-7-15(10-13)16(17-4-2)11-14-8-9-20(18,19)12-14/h13-17H,3-12H2,1-2H3. The van der Waals surface area contributed by atoms with Crippen molar-refractivity contribution in [3.8, 4) is 0 Å². The van der Waals surface area contributed by atoms with Gasteiger partial charge in [0.25, 0.3) is 0 Å². The van der Waals surface area contributed by atoms with Crippen molar-refractivity contribution in [2.45, 2.75) is 64.8 Å². The summed E-state index contributed by atoms with van der Waals surface area (Å²) in [6, 6.07) is 0.535. The average molecular weight is 301 g/mol. The SMILES string of the molecule is CCNC(CC1CCS(=O)(=O)C1)C1CCCC(CC)C1. The summed E-state index contributed by atoms with van der Waals surface area (Å²) in [4.78, 5) is 0. The van der Waals surface area contributed by atoms with Crippen LogP contribution in [0.15, 0.2) is 0 Å². The highest BCUT2D eigenvalue weighted by Gasteiger charge is 2.33. The first-order chi connectivity index (χ1) is 9.54. The van der Waals surface area contributed by atoms with E-state index in [9.17, 15) is 8.42 Å². The largest absolute Gasteiger partial charge is 0.314 e. The number of sulfone groups is 1. The first-order valence-electron chi connectivity index (χ1n) is 8.47. The van der Waals surface area contributed by atoms with Crippen molar-refractivity contribution in [2.24, 2.45) is 17.8 Å². The lowest BCUT2D eigenvalue weighted by Gasteiger charge is -2.36. The van der Waals surface area contributed by atoms with Gasteiger partial charge in [-0.1, -0.05) is 33.1 Å². The van der Waals surface area contributed by atoms with Crippen LogP contribution in [-0.4, -0.2) is 32.5 Å². The molecule has 20 heavy (non-hydrogen) atoms. The predicted molar refractivity (Wildman–Crippen MR) is 84.6 cm³/mol. The molecule has 1 N–H and O–H groups in total. The lowest BCUT2D eigenvalue weighted by molar-refractivity contribution is 0.192. The van der Waals surface area contributed by atoms with Crippen LogP contribution in [0.4, 0.5) is 0 Å². The Bertz CT molecular complexity index is 393. The zero-order valence-corrected chi connectivity index (χ0v) is 13.9. The van der Waals surface area contributed by atoms with Crippen LogP contribution < -0.4 is 5.32 Å². The molecule has 2 rings (SSSR count). The number of rotatable bonds is 6. The van der Waals surface area contributed by atoms with E-state index in [4.69, 9.17) is 0 Å². The van der Waals surface area contributed by atoms with E-state index in [2.05, 4.69) is 19.2 Å². The Balaban J connectivity index is 1.92. The van der Waals surface area contributed by atoms with Crippen molar-refractivity contribution in [3.63, 3.8) is 0 Å². The molecule has 0 aromatic carbocycles. The van der Waals surface area contributed by atoms with Crippen molar-refractivity contribution in [1.82, 2.24) is 5.32 Å². The van der Waals surface area contributed by atoms with Gasteiger partial charge in [0.2, 0.25) is 0 Å². The topological polar surface area (TPSA) is 46.2 Å². The lowest BCUT2D eigenvalue weighted by atomic mass is 9.75. The quantitative estimate of drug-likeness (QED) is 0.820. The summed E-state index contributed by atoms with van der Waals surface area (Å²) in [6.07, 6.45) is 8.66. The van der Waals surface area contributed by atoms with Crippen LogP contribution in [0.25, 0.3) is 0 Å². The van der Waals surface area contributed by atoms with Crippen LogP contribution in [0.1, 0.15) is 58.8 Å². The van der Waals surface area contributed by atoms with Gasteiger partial charge < -0.3 is 5.32 Å². The summed E-state index contributed by atoms with van der Waals surface area (Å²) in [5, 5.41) is 3.66. The van der Waals surface area contributed by atoms with E-state index in [-0.39, 0.29) is 0 Å². The molecule has 2 aliphatic rings. The van der Waals surface area contributed by atoms with Crippen LogP contribution in [0.2, 0.25) is 0 Å². The van der Waals surface area contributed by atoms with E-state index < -0.39 is 9.84 Å². The van der Waals surface area contributed by atoms with Crippen LogP contribution in [-0.2, 0) is 9.84 Å². The highest BCUT2D eigenvalue weighted by atomic mass is 32.2. The van der Waals surface area contributed by atoms with E-state index in [0.717, 1.165) is 31.2 Å². The lowest BCUT2D eigenvalue weighted by Crippen LogP contribution is -2.40. The zero-order chi connectivity index (χ0) is 14.6. The predicted octanol–water partition coefficient (Wildman–Crippen LogP) is 3.01. The average Bonchev–Trinajstić information content (AvgIpc) is 2.77. The van der Waals surface area contributed by atoms with Gasteiger partial charge in [-0.3, -0.25) is 0 Å². The monoisotopic (exact) mass is 301 g/mol. The fraction of sp³-hybridized carbons (Fsp3) is 1.00. The Hall–Kier alpha value is -0.0900. The molecular formula is C16H31NO2S. The molecule has 0 spiro atoms. The van der Waals surface area contributed by atoms with Gasteiger partial charge in [-0.2, -0.15) is 0 Å². The molecule has 1 heterocycles. The second-order valence-electron chi connectivity index (χ2n) is 6.87. The third kappa shape index (κ3) is 4.45. The summed E-state index contributed by atoms with van der Waals surface area (Å²) >= 11 is 0. The Kier molecular flexibility index (Phi) is 5.91. The Morgan fingerprint density at radius 2 is 1.95 bits per heavy atom. The van der Waals surface area contributed by atoms with E-state index in [1.807, 2.05) is 0 Å². The maximum Gasteiger partial charge on any atom is 0.150 e. The van der Waals surface area contributed by atoms with Crippen LogP contribution in [0, 0.1) is 17.8 Å². The molecule has 1 saturated heterocycles. The molecule has 4 atom stereocenters. The van der Waals surface area contributed by atoms with Gasteiger partial charge in [0.15, 0.2) is 9.84 Å². The van der Waals surface area contributed by atoms with Gasteiger partial charge in [0.05, 0.1) is 11.5 Å². The normalized spacial score (nSPS) is 35.0. The molecule has 0 radical (unpaired) electrons. The van der Waals surface area contributed by atoms with Gasteiger partial charge in [-0.05, 0) is 50.0 Å². The first-order valence-corrected chi connectivity index (χ1v) is 10.3. The Morgan fingerprint density at radius 3 is 2.55 bits per heavy atom. The molecule has 0 amide bonds. The summed E-state index contributed by atoms with van der Waals surface area (Å²) in [5.74, 6) is 2.89. The van der Waals surface area contributed by atoms with Gasteiger partial charge >= 0.3 is 0 Å². The molecule has 0 aromatic heterocycles. The minimum Gasteiger partial charge on any atom is -0.314 e. The van der Waals surface area contributed by atoms with E-state index in [0.29, 0.717) is 23.5 Å².